The van der Waals surface area contributed by atoms with E-state index in [1.54, 1.807) is 28.4 Å². The molecule has 0 bridgehead atoms. The first kappa shape index (κ1) is 23.9. The Hall–Kier alpha value is -4.20. The minimum Gasteiger partial charge on any atom is -0.497 e. The van der Waals surface area contributed by atoms with Crippen molar-refractivity contribution < 1.29 is 28.5 Å². The molecular formula is C27H28N2O6. The normalized spacial score (nSPS) is 14.8. The first-order valence-electron chi connectivity index (χ1n) is 11.1. The molecule has 1 aliphatic rings. The van der Waals surface area contributed by atoms with E-state index < -0.39 is 0 Å². The van der Waals surface area contributed by atoms with Crippen molar-refractivity contribution in [2.24, 2.45) is 5.10 Å². The molecule has 0 aliphatic carbocycles. The number of hydrazone groups is 1. The maximum Gasteiger partial charge on any atom is 0.240 e. The highest BCUT2D eigenvalue weighted by molar-refractivity contribution is 6.04. The number of methoxy groups -OCH3 is 4. The summed E-state index contributed by atoms with van der Waals surface area (Å²) in [5.74, 6) is 3.58. The molecule has 3 aromatic rings. The van der Waals surface area contributed by atoms with Crippen LogP contribution in [0.1, 0.15) is 30.5 Å². The fraction of sp³-hybridized carbons (Fsp3) is 0.259. The lowest BCUT2D eigenvalue weighted by Crippen LogP contribution is -2.24. The molecule has 1 aliphatic heterocycles. The number of amides is 1. The smallest absolute Gasteiger partial charge is 0.240 e. The zero-order chi connectivity index (χ0) is 24.9. The van der Waals surface area contributed by atoms with Gasteiger partial charge in [0, 0.05) is 18.9 Å². The van der Waals surface area contributed by atoms with Crippen molar-refractivity contribution in [3.05, 3.63) is 71.8 Å². The van der Waals surface area contributed by atoms with Gasteiger partial charge in [0.1, 0.15) is 17.2 Å². The van der Waals surface area contributed by atoms with E-state index in [9.17, 15) is 4.79 Å². The van der Waals surface area contributed by atoms with Crippen molar-refractivity contribution in [2.45, 2.75) is 19.4 Å². The average molecular weight is 477 g/mol. The minimum absolute atomic E-state index is 0.143. The first-order chi connectivity index (χ1) is 17.0. The number of rotatable bonds is 8. The van der Waals surface area contributed by atoms with E-state index in [1.165, 1.54) is 11.9 Å². The fourth-order valence-electron chi connectivity index (χ4n) is 4.02. The molecule has 1 heterocycles. The van der Waals surface area contributed by atoms with Gasteiger partial charge in [-0.15, -0.1) is 0 Å². The summed E-state index contributed by atoms with van der Waals surface area (Å²) in [5.41, 5.74) is 2.50. The standard InChI is InChI=1S/C27H28N2O6/c1-17(30)29-24(16-23(28-29)19-14-25(32-3)27(34-5)26(15-19)33-4)18-6-8-21(9-7-18)35-22-12-10-20(31-2)11-13-22/h6-15,24H,16H2,1-5H3. The number of carbonyl (C=O) groups excluding carboxylic acids is 1. The van der Waals surface area contributed by atoms with E-state index in [0.717, 1.165) is 22.6 Å². The van der Waals surface area contributed by atoms with Gasteiger partial charge in [0.2, 0.25) is 11.7 Å². The maximum atomic E-state index is 12.4. The summed E-state index contributed by atoms with van der Waals surface area (Å²) in [4.78, 5) is 12.4. The Bertz CT molecular complexity index is 1200. The monoisotopic (exact) mass is 476 g/mol. The van der Waals surface area contributed by atoms with Crippen LogP contribution in [0.15, 0.2) is 65.8 Å². The summed E-state index contributed by atoms with van der Waals surface area (Å²) in [6, 6.07) is 18.5. The Labute approximate surface area is 204 Å². The van der Waals surface area contributed by atoms with Gasteiger partial charge < -0.3 is 23.7 Å². The number of nitrogens with zero attached hydrogens (tertiary/aromatic N) is 2. The second-order valence-corrected chi connectivity index (χ2v) is 7.89. The number of hydrogen-bond donors (Lipinski definition) is 0. The predicted molar refractivity (Wildman–Crippen MR) is 132 cm³/mol. The van der Waals surface area contributed by atoms with Crippen LogP contribution in [0, 0.1) is 0 Å². The van der Waals surface area contributed by atoms with E-state index in [2.05, 4.69) is 5.10 Å². The van der Waals surface area contributed by atoms with Gasteiger partial charge in [0.05, 0.1) is 40.2 Å². The molecule has 0 spiro atoms. The molecule has 8 nitrogen and oxygen atoms in total. The van der Waals surface area contributed by atoms with Crippen molar-refractivity contribution in [1.82, 2.24) is 5.01 Å². The van der Waals surface area contributed by atoms with Crippen LogP contribution < -0.4 is 23.7 Å². The molecule has 1 amide bonds. The van der Waals surface area contributed by atoms with Crippen molar-refractivity contribution in [1.29, 1.82) is 0 Å². The number of carbonyl (C=O) groups is 1. The molecule has 0 saturated heterocycles. The van der Waals surface area contributed by atoms with Crippen LogP contribution in [-0.4, -0.2) is 45.1 Å². The molecule has 0 aromatic heterocycles. The second-order valence-electron chi connectivity index (χ2n) is 7.89. The van der Waals surface area contributed by atoms with Gasteiger partial charge in [0.15, 0.2) is 11.5 Å². The lowest BCUT2D eigenvalue weighted by Gasteiger charge is -2.20. The van der Waals surface area contributed by atoms with Gasteiger partial charge in [-0.25, -0.2) is 5.01 Å². The zero-order valence-corrected chi connectivity index (χ0v) is 20.4. The molecule has 8 heteroatoms. The Morgan fingerprint density at radius 1 is 0.800 bits per heavy atom. The summed E-state index contributed by atoms with van der Waals surface area (Å²) >= 11 is 0. The van der Waals surface area contributed by atoms with Crippen LogP contribution in [0.3, 0.4) is 0 Å². The van der Waals surface area contributed by atoms with Crippen LogP contribution >= 0.6 is 0 Å². The molecule has 1 unspecified atom stereocenters. The van der Waals surface area contributed by atoms with Gasteiger partial charge in [-0.2, -0.15) is 5.10 Å². The predicted octanol–water partition coefficient (Wildman–Crippen LogP) is 5.21. The highest BCUT2D eigenvalue weighted by Gasteiger charge is 2.32. The van der Waals surface area contributed by atoms with E-state index in [-0.39, 0.29) is 11.9 Å². The van der Waals surface area contributed by atoms with E-state index >= 15 is 0 Å². The summed E-state index contributed by atoms with van der Waals surface area (Å²) in [5, 5.41) is 6.15. The quantitative estimate of drug-likeness (QED) is 0.444. The van der Waals surface area contributed by atoms with Crippen molar-refractivity contribution in [3.8, 4) is 34.5 Å². The van der Waals surface area contributed by atoms with E-state index in [1.807, 2.05) is 60.7 Å². The maximum absolute atomic E-state index is 12.4. The van der Waals surface area contributed by atoms with Gasteiger partial charge in [-0.1, -0.05) is 12.1 Å². The second kappa shape index (κ2) is 10.4. The lowest BCUT2D eigenvalue weighted by molar-refractivity contribution is -0.130. The third kappa shape index (κ3) is 5.01. The largest absolute Gasteiger partial charge is 0.497 e. The Kier molecular flexibility index (Phi) is 7.10. The van der Waals surface area contributed by atoms with E-state index in [0.29, 0.717) is 35.2 Å². The topological polar surface area (TPSA) is 78.8 Å². The first-order valence-corrected chi connectivity index (χ1v) is 11.1. The molecule has 0 saturated carbocycles. The molecule has 1 atom stereocenters. The molecular weight excluding hydrogens is 448 g/mol. The van der Waals surface area contributed by atoms with Crippen molar-refractivity contribution >= 4 is 11.6 Å². The van der Waals surface area contributed by atoms with Gasteiger partial charge in [0.25, 0.3) is 0 Å². The number of hydrogen-bond acceptors (Lipinski definition) is 7. The molecule has 35 heavy (non-hydrogen) atoms. The highest BCUT2D eigenvalue weighted by Crippen LogP contribution is 2.41. The van der Waals surface area contributed by atoms with Crippen LogP contribution in [0.25, 0.3) is 0 Å². The van der Waals surface area contributed by atoms with Crippen molar-refractivity contribution in [3.63, 3.8) is 0 Å². The molecule has 0 N–H and O–H groups in total. The zero-order valence-electron chi connectivity index (χ0n) is 20.4. The van der Waals surface area contributed by atoms with Gasteiger partial charge in [-0.05, 0) is 54.1 Å². The Morgan fingerprint density at radius 3 is 1.83 bits per heavy atom. The molecule has 0 fully saturated rings. The summed E-state index contributed by atoms with van der Waals surface area (Å²) in [6.45, 7) is 1.51. The highest BCUT2D eigenvalue weighted by atomic mass is 16.5. The van der Waals surface area contributed by atoms with Gasteiger partial charge >= 0.3 is 0 Å². The SMILES string of the molecule is COc1ccc(Oc2ccc(C3CC(c4cc(OC)c(OC)c(OC)c4)=NN3C(C)=O)cc2)cc1. The van der Waals surface area contributed by atoms with Crippen LogP contribution in [0.2, 0.25) is 0 Å². The van der Waals surface area contributed by atoms with Crippen LogP contribution in [0.5, 0.6) is 34.5 Å². The minimum atomic E-state index is -0.239. The fourth-order valence-corrected chi connectivity index (χ4v) is 4.02. The average Bonchev–Trinajstić information content (AvgIpc) is 3.34. The molecule has 4 rings (SSSR count). The Balaban J connectivity index is 1.57. The number of ether oxygens (including phenoxy) is 5. The van der Waals surface area contributed by atoms with Gasteiger partial charge in [-0.3, -0.25) is 4.79 Å². The summed E-state index contributed by atoms with van der Waals surface area (Å²) in [6.07, 6.45) is 0.539. The van der Waals surface area contributed by atoms with Crippen LogP contribution in [-0.2, 0) is 4.79 Å². The third-order valence-corrected chi connectivity index (χ3v) is 5.79. The van der Waals surface area contributed by atoms with Crippen molar-refractivity contribution in [2.75, 3.05) is 28.4 Å². The summed E-state index contributed by atoms with van der Waals surface area (Å²) in [7, 11) is 6.32. The lowest BCUT2D eigenvalue weighted by atomic mass is 9.98. The molecule has 182 valence electrons. The third-order valence-electron chi connectivity index (χ3n) is 5.79. The molecule has 0 radical (unpaired) electrons. The molecule has 3 aromatic carbocycles. The van der Waals surface area contributed by atoms with Crippen LogP contribution in [0.4, 0.5) is 0 Å². The number of benzene rings is 3. The Morgan fingerprint density at radius 2 is 1.34 bits per heavy atom. The van der Waals surface area contributed by atoms with E-state index in [4.69, 9.17) is 23.7 Å². The summed E-state index contributed by atoms with van der Waals surface area (Å²) < 4.78 is 27.5.